The standard InChI is InChI=1S/C18H24N4O2/c1-15-6-2-3-8-17(15)24-11-5-9-18(23)21-10-4-7-16(12-21)22-14-19-13-20-22/h2-3,6,8,13-14,16H,4-5,7,9-12H2,1H3. The molecule has 2 heterocycles. The number of nitrogens with zero attached hydrogens (tertiary/aromatic N) is 4. The van der Waals surface area contributed by atoms with E-state index < -0.39 is 0 Å². The molecule has 1 aromatic carbocycles. The van der Waals surface area contributed by atoms with Crippen LogP contribution in [-0.2, 0) is 4.79 Å². The molecule has 6 nitrogen and oxygen atoms in total. The molecule has 6 heteroatoms. The highest BCUT2D eigenvalue weighted by Crippen LogP contribution is 2.21. The molecule has 1 atom stereocenters. The molecule has 1 fully saturated rings. The van der Waals surface area contributed by atoms with Crippen LogP contribution in [0.3, 0.4) is 0 Å². The van der Waals surface area contributed by atoms with Gasteiger partial charge in [0.25, 0.3) is 0 Å². The van der Waals surface area contributed by atoms with E-state index in [-0.39, 0.29) is 11.9 Å². The van der Waals surface area contributed by atoms with Gasteiger partial charge in [-0.25, -0.2) is 9.67 Å². The van der Waals surface area contributed by atoms with Crippen molar-refractivity contribution in [2.24, 2.45) is 0 Å². The molecule has 1 saturated heterocycles. The molecule has 1 aromatic heterocycles. The minimum atomic E-state index is 0.202. The van der Waals surface area contributed by atoms with Crippen molar-refractivity contribution >= 4 is 5.91 Å². The Balaban J connectivity index is 1.42. The number of aromatic nitrogens is 3. The van der Waals surface area contributed by atoms with Gasteiger partial charge in [-0.1, -0.05) is 18.2 Å². The van der Waals surface area contributed by atoms with Gasteiger partial charge in [-0.05, 0) is 37.8 Å². The average Bonchev–Trinajstić information content (AvgIpc) is 3.15. The number of rotatable bonds is 6. The first-order valence-corrected chi connectivity index (χ1v) is 8.54. The Bertz CT molecular complexity index is 657. The second kappa shape index (κ2) is 7.95. The average molecular weight is 328 g/mol. The maximum atomic E-state index is 12.4. The topological polar surface area (TPSA) is 60.2 Å². The van der Waals surface area contributed by atoms with Gasteiger partial charge in [0.05, 0.1) is 12.6 Å². The molecule has 0 radical (unpaired) electrons. The summed E-state index contributed by atoms with van der Waals surface area (Å²) in [5.74, 6) is 1.10. The summed E-state index contributed by atoms with van der Waals surface area (Å²) in [4.78, 5) is 18.4. The van der Waals surface area contributed by atoms with E-state index in [1.807, 2.05) is 40.8 Å². The first-order chi connectivity index (χ1) is 11.7. The molecule has 1 unspecified atom stereocenters. The van der Waals surface area contributed by atoms with Gasteiger partial charge in [0.15, 0.2) is 0 Å². The number of hydrogen-bond donors (Lipinski definition) is 0. The van der Waals surface area contributed by atoms with Crippen LogP contribution in [0.15, 0.2) is 36.9 Å². The molecule has 0 N–H and O–H groups in total. The van der Waals surface area contributed by atoms with Crippen LogP contribution in [0.5, 0.6) is 5.75 Å². The number of ether oxygens (including phenoxy) is 1. The van der Waals surface area contributed by atoms with Crippen LogP contribution in [0.25, 0.3) is 0 Å². The van der Waals surface area contributed by atoms with Gasteiger partial charge in [-0.2, -0.15) is 5.10 Å². The summed E-state index contributed by atoms with van der Waals surface area (Å²) in [6.07, 6.45) is 6.59. The van der Waals surface area contributed by atoms with Gasteiger partial charge in [0.2, 0.25) is 5.91 Å². The fraction of sp³-hybridized carbons (Fsp3) is 0.500. The van der Waals surface area contributed by atoms with Crippen molar-refractivity contribution < 1.29 is 9.53 Å². The summed E-state index contributed by atoms with van der Waals surface area (Å²) in [6, 6.07) is 8.19. The van der Waals surface area contributed by atoms with E-state index in [2.05, 4.69) is 10.1 Å². The van der Waals surface area contributed by atoms with E-state index in [0.717, 1.165) is 43.7 Å². The summed E-state index contributed by atoms with van der Waals surface area (Å²) in [5.41, 5.74) is 1.12. The predicted molar refractivity (Wildman–Crippen MR) is 90.8 cm³/mol. The van der Waals surface area contributed by atoms with Gasteiger partial charge in [-0.3, -0.25) is 4.79 Å². The zero-order chi connectivity index (χ0) is 16.8. The number of piperidine rings is 1. The minimum absolute atomic E-state index is 0.202. The summed E-state index contributed by atoms with van der Waals surface area (Å²) in [6.45, 7) is 4.15. The molecule has 0 bridgehead atoms. The molecule has 3 rings (SSSR count). The normalized spacial score (nSPS) is 17.7. The third-order valence-electron chi connectivity index (χ3n) is 4.45. The van der Waals surface area contributed by atoms with Crippen LogP contribution in [0.2, 0.25) is 0 Å². The monoisotopic (exact) mass is 328 g/mol. The van der Waals surface area contributed by atoms with Crippen LogP contribution in [0.4, 0.5) is 0 Å². The summed E-state index contributed by atoms with van der Waals surface area (Å²) in [7, 11) is 0. The minimum Gasteiger partial charge on any atom is -0.493 e. The van der Waals surface area contributed by atoms with Crippen molar-refractivity contribution in [3.8, 4) is 5.75 Å². The fourth-order valence-corrected chi connectivity index (χ4v) is 3.09. The Hall–Kier alpha value is -2.37. The Kier molecular flexibility index (Phi) is 5.46. The quantitative estimate of drug-likeness (QED) is 0.765. The fourth-order valence-electron chi connectivity index (χ4n) is 3.09. The third kappa shape index (κ3) is 4.13. The lowest BCUT2D eigenvalue weighted by Crippen LogP contribution is -2.40. The van der Waals surface area contributed by atoms with Crippen LogP contribution >= 0.6 is 0 Å². The Morgan fingerprint density at radius 3 is 3.04 bits per heavy atom. The number of para-hydroxylation sites is 1. The second-order valence-electron chi connectivity index (χ2n) is 6.23. The molecule has 0 aliphatic carbocycles. The number of carbonyl (C=O) groups is 1. The highest BCUT2D eigenvalue weighted by atomic mass is 16.5. The number of hydrogen-bond acceptors (Lipinski definition) is 4. The lowest BCUT2D eigenvalue weighted by atomic mass is 10.1. The van der Waals surface area contributed by atoms with Gasteiger partial charge >= 0.3 is 0 Å². The highest BCUT2D eigenvalue weighted by molar-refractivity contribution is 5.76. The smallest absolute Gasteiger partial charge is 0.222 e. The van der Waals surface area contributed by atoms with E-state index >= 15 is 0 Å². The molecule has 24 heavy (non-hydrogen) atoms. The van der Waals surface area contributed by atoms with Gasteiger partial charge in [-0.15, -0.1) is 0 Å². The van der Waals surface area contributed by atoms with Gasteiger partial charge in [0.1, 0.15) is 18.4 Å². The van der Waals surface area contributed by atoms with Crippen LogP contribution in [0.1, 0.15) is 37.3 Å². The second-order valence-corrected chi connectivity index (χ2v) is 6.23. The van der Waals surface area contributed by atoms with Crippen molar-refractivity contribution in [1.29, 1.82) is 0 Å². The molecule has 1 aliphatic rings. The van der Waals surface area contributed by atoms with Crippen molar-refractivity contribution in [1.82, 2.24) is 19.7 Å². The number of benzene rings is 1. The molecule has 0 saturated carbocycles. The van der Waals surface area contributed by atoms with Crippen molar-refractivity contribution in [2.75, 3.05) is 19.7 Å². The zero-order valence-corrected chi connectivity index (χ0v) is 14.1. The first-order valence-electron chi connectivity index (χ1n) is 8.54. The SMILES string of the molecule is Cc1ccccc1OCCCC(=O)N1CCCC(n2cncn2)C1. The number of amides is 1. The Morgan fingerprint density at radius 2 is 2.25 bits per heavy atom. The molecular weight excluding hydrogens is 304 g/mol. The van der Waals surface area contributed by atoms with E-state index in [1.54, 1.807) is 12.7 Å². The van der Waals surface area contributed by atoms with E-state index in [0.29, 0.717) is 13.0 Å². The molecule has 1 aliphatic heterocycles. The Labute approximate surface area is 142 Å². The van der Waals surface area contributed by atoms with E-state index in [1.165, 1.54) is 0 Å². The van der Waals surface area contributed by atoms with Crippen LogP contribution in [0, 0.1) is 6.92 Å². The predicted octanol–water partition coefficient (Wildman–Crippen LogP) is 2.61. The lowest BCUT2D eigenvalue weighted by molar-refractivity contribution is -0.133. The largest absolute Gasteiger partial charge is 0.493 e. The van der Waals surface area contributed by atoms with Crippen molar-refractivity contribution in [3.05, 3.63) is 42.5 Å². The number of carbonyl (C=O) groups excluding carboxylic acids is 1. The summed E-state index contributed by atoms with van der Waals surface area (Å²) < 4.78 is 7.62. The molecule has 1 amide bonds. The van der Waals surface area contributed by atoms with Gasteiger partial charge in [0, 0.05) is 19.5 Å². The van der Waals surface area contributed by atoms with Gasteiger partial charge < -0.3 is 9.64 Å². The van der Waals surface area contributed by atoms with Crippen LogP contribution in [-0.4, -0.2) is 45.3 Å². The molecule has 2 aromatic rings. The maximum Gasteiger partial charge on any atom is 0.222 e. The van der Waals surface area contributed by atoms with E-state index in [9.17, 15) is 4.79 Å². The highest BCUT2D eigenvalue weighted by Gasteiger charge is 2.24. The number of likely N-dealkylation sites (tertiary alicyclic amines) is 1. The van der Waals surface area contributed by atoms with E-state index in [4.69, 9.17) is 4.74 Å². The lowest BCUT2D eigenvalue weighted by Gasteiger charge is -2.32. The molecule has 128 valence electrons. The first kappa shape index (κ1) is 16.5. The van der Waals surface area contributed by atoms with Crippen LogP contribution < -0.4 is 4.74 Å². The van der Waals surface area contributed by atoms with Crippen molar-refractivity contribution in [2.45, 2.75) is 38.6 Å². The third-order valence-corrected chi connectivity index (χ3v) is 4.45. The van der Waals surface area contributed by atoms with Crippen molar-refractivity contribution in [3.63, 3.8) is 0 Å². The maximum absolute atomic E-state index is 12.4. The molecular formula is C18H24N4O2. The molecule has 0 spiro atoms. The summed E-state index contributed by atoms with van der Waals surface area (Å²) in [5, 5.41) is 4.20. The number of aryl methyl sites for hydroxylation is 1. The summed E-state index contributed by atoms with van der Waals surface area (Å²) >= 11 is 0. The zero-order valence-electron chi connectivity index (χ0n) is 14.1. The Morgan fingerprint density at radius 1 is 1.38 bits per heavy atom.